The molecular weight excluding hydrogens is 1970 g/mol. The monoisotopic (exact) mass is 2150 g/mol. The molecule has 47 atom stereocenters. The molecule has 0 aliphatic carbocycles. The maximum atomic E-state index is 13.6. The topological polar surface area (TPSA) is 791 Å². The van der Waals surface area contributed by atoms with E-state index in [1.165, 1.54) is 122 Å². The Morgan fingerprint density at radius 3 is 0.797 bits per heavy atom. The van der Waals surface area contributed by atoms with Crippen molar-refractivity contribution in [1.82, 2.24) is 10.6 Å². The fraction of sp³-hybridized carbons (Fsp3) is 0.939. The summed E-state index contributed by atoms with van der Waals surface area (Å²) in [6, 6.07) is -2.75. The predicted octanol–water partition coefficient (Wildman–Crippen LogP) is -6.98. The Kier molecular flexibility index (Phi) is 57.5. The molecule has 9 aliphatic rings. The van der Waals surface area contributed by atoms with Crippen LogP contribution in [0.25, 0.3) is 0 Å². The van der Waals surface area contributed by atoms with E-state index < -0.39 is 360 Å². The molecule has 2 amide bonds. The minimum atomic E-state index is -2.45. The van der Waals surface area contributed by atoms with E-state index in [2.05, 4.69) is 36.6 Å². The van der Waals surface area contributed by atoms with Gasteiger partial charge in [-0.25, -0.2) is 0 Å². The van der Waals surface area contributed by atoms with Gasteiger partial charge in [0.15, 0.2) is 56.6 Å². The number of aliphatic hydroxyl groups excluding tert-OH is 28. The van der Waals surface area contributed by atoms with Gasteiger partial charge in [-0.15, -0.1) is 0 Å². The Morgan fingerprint density at radius 2 is 0.500 bits per heavy atom. The molecule has 50 heteroatoms. The molecule has 0 saturated carbocycles. The first-order chi connectivity index (χ1) is 71.1. The number of amides is 2. The van der Waals surface area contributed by atoms with Crippen molar-refractivity contribution in [2.75, 3.05) is 66.1 Å². The van der Waals surface area contributed by atoms with Crippen LogP contribution in [-0.4, -0.2) is 509 Å². The van der Waals surface area contributed by atoms with Crippen molar-refractivity contribution in [3.05, 3.63) is 24.3 Å². The van der Waals surface area contributed by atoms with Crippen molar-refractivity contribution in [3.8, 4) is 0 Å². The van der Waals surface area contributed by atoms with Crippen LogP contribution in [0.3, 0.4) is 0 Å². The Morgan fingerprint density at radius 1 is 0.264 bits per heavy atom. The van der Waals surface area contributed by atoms with Crippen LogP contribution in [0, 0.1) is 0 Å². The van der Waals surface area contributed by atoms with Crippen LogP contribution in [0.15, 0.2) is 24.3 Å². The van der Waals surface area contributed by atoms with Gasteiger partial charge in [-0.05, 0) is 44.9 Å². The van der Waals surface area contributed by atoms with E-state index in [1.54, 1.807) is 6.08 Å². The molecule has 0 aromatic rings. The fourth-order valence-electron chi connectivity index (χ4n) is 19.9. The molecular formula is C98H174N2O48. The van der Waals surface area contributed by atoms with Crippen LogP contribution < -0.4 is 10.6 Å². The van der Waals surface area contributed by atoms with E-state index in [4.69, 9.17) is 85.3 Å². The van der Waals surface area contributed by atoms with Crippen LogP contribution in [0.5, 0.6) is 0 Å². The number of nitrogens with one attached hydrogen (secondary N) is 2. The number of unbranched alkanes of at least 4 members (excludes halogenated alkanes) is 28. The van der Waals surface area contributed by atoms with Gasteiger partial charge in [0.2, 0.25) is 11.8 Å². The van der Waals surface area contributed by atoms with E-state index in [-0.39, 0.29) is 12.3 Å². The predicted molar refractivity (Wildman–Crippen MR) is 508 cm³/mol. The summed E-state index contributed by atoms with van der Waals surface area (Å²) >= 11 is 0. The van der Waals surface area contributed by atoms with Gasteiger partial charge in [-0.1, -0.05) is 192 Å². The standard InChI is InChI=1S/C98H174N2O48/c1-4-6-8-10-12-14-16-18-19-20-21-22-23-24-25-27-29-31-33-35-37-39-62(112)100-51(52(111)38-36-34-32-30-28-26-17-15-13-11-9-7-5-2)49-131-91-74(123)72(121)82(60(47-108)139-91)141-92-75(124)73(122)83(61(48-109)140-92)142-93-77(126)85(66(115)55(42-103)133-93)144-95-79(128)87(68(117)57(44-105)135-95)146-97-81(130)89(70(119)59(46-107)137-97)148-98-80(129)88(69(118)58(45-106)138-98)147-96-78(127)86(67(116)56(43-104)136-96)145-94-76(125)84(65(114)54(41-102)134-94)143-90-63(99-50(3)110)71(120)64(113)53(40-101)132-90/h18-19,36,38,51-61,63-98,101-109,111,113-130H,4-17,20-35,37,39-49H2,1-3H3,(H,99,110)(H,100,112)/b19-18-,38-36+/t51-,52+,53?,54?,55?,56?,57?,58?,59?,60?,61?,63?,64-,65-,66-,67-,68-,69-,70-,71+,72+,73+,74?,75?,76?,77?,78?,79?,80?,81?,82+,83-,84-,85-,86-,87-,88-,89-,90-,91+,92-,93-,94+,95+,96+,97+,98+/m0/s1. The second kappa shape index (κ2) is 66.5. The summed E-state index contributed by atoms with van der Waals surface area (Å²) in [6.45, 7) is -4.83. The highest BCUT2D eigenvalue weighted by molar-refractivity contribution is 5.76. The van der Waals surface area contributed by atoms with Crippen molar-refractivity contribution >= 4 is 11.8 Å². The molecule has 0 aromatic carbocycles. The first-order valence-corrected chi connectivity index (χ1v) is 53.2. The van der Waals surface area contributed by atoms with Gasteiger partial charge >= 0.3 is 0 Å². The zero-order valence-corrected chi connectivity index (χ0v) is 84.8. The molecule has 9 saturated heterocycles. The van der Waals surface area contributed by atoms with Crippen molar-refractivity contribution in [2.24, 2.45) is 0 Å². The highest BCUT2D eigenvalue weighted by Gasteiger charge is 2.62. The third-order valence-corrected chi connectivity index (χ3v) is 28.8. The second-order valence-electron chi connectivity index (χ2n) is 40.1. The zero-order chi connectivity index (χ0) is 108. The lowest BCUT2D eigenvalue weighted by Crippen LogP contribution is -2.69. The maximum absolute atomic E-state index is 13.6. The zero-order valence-electron chi connectivity index (χ0n) is 84.8. The van der Waals surface area contributed by atoms with Crippen LogP contribution in [0.2, 0.25) is 0 Å². The Bertz CT molecular complexity index is 3640. The van der Waals surface area contributed by atoms with Crippen LogP contribution in [0.4, 0.5) is 0 Å². The molecule has 9 rings (SSSR count). The average Bonchev–Trinajstić information content (AvgIpc) is 0.763. The minimum Gasteiger partial charge on any atom is -0.394 e. The summed E-state index contributed by atoms with van der Waals surface area (Å²) in [5.41, 5.74) is 0. The number of rotatable bonds is 65. The average molecular weight is 2150 g/mol. The fourth-order valence-corrected chi connectivity index (χ4v) is 19.9. The molecule has 0 spiro atoms. The Hall–Kier alpha value is -3.42. The number of hydrogen-bond donors (Lipinski definition) is 30. The molecule has 0 radical (unpaired) electrons. The van der Waals surface area contributed by atoms with Gasteiger partial charge in [-0.2, -0.15) is 0 Å². The molecule has 0 bridgehead atoms. The molecule has 50 nitrogen and oxygen atoms in total. The molecule has 9 aliphatic heterocycles. The second-order valence-corrected chi connectivity index (χ2v) is 40.1. The summed E-state index contributed by atoms with van der Waals surface area (Å²) in [6.07, 6.45) is -50.0. The molecule has 148 heavy (non-hydrogen) atoms. The number of carbonyl (C=O) groups is 2. The Labute approximate surface area is 861 Å². The molecule has 30 N–H and O–H groups in total. The summed E-state index contributed by atoms with van der Waals surface area (Å²) in [7, 11) is 0. The van der Waals surface area contributed by atoms with Crippen molar-refractivity contribution < 1.29 is 238 Å². The summed E-state index contributed by atoms with van der Waals surface area (Å²) in [5, 5.41) is 321. The highest BCUT2D eigenvalue weighted by atomic mass is 16.8. The van der Waals surface area contributed by atoms with Gasteiger partial charge < -0.3 is 239 Å². The van der Waals surface area contributed by atoms with Crippen molar-refractivity contribution in [3.63, 3.8) is 0 Å². The van der Waals surface area contributed by atoms with Gasteiger partial charge in [0.25, 0.3) is 0 Å². The lowest BCUT2D eigenvalue weighted by Gasteiger charge is -2.50. The molecule has 864 valence electrons. The van der Waals surface area contributed by atoms with Crippen LogP contribution in [0.1, 0.15) is 226 Å². The number of hydrogen-bond acceptors (Lipinski definition) is 48. The first-order valence-electron chi connectivity index (χ1n) is 53.2. The van der Waals surface area contributed by atoms with Crippen molar-refractivity contribution in [2.45, 2.75) is 515 Å². The number of ether oxygens (including phenoxy) is 18. The number of aliphatic hydroxyl groups is 28. The van der Waals surface area contributed by atoms with E-state index in [1.807, 2.05) is 6.08 Å². The van der Waals surface area contributed by atoms with Crippen molar-refractivity contribution in [1.29, 1.82) is 0 Å². The van der Waals surface area contributed by atoms with Crippen LogP contribution in [-0.2, 0) is 94.9 Å². The SMILES string of the molecule is CCCCCCCC/C=C\CCCCCCCCCCCCCC(=O)N[C@@H](CO[C@@H]1OC(CO)[C@@H](O[C@@H]2OC(CO)[C@H](O[C@@H]3OC(CO)[C@H](O)[C@H](O[C@H]4OC(CO)[C@H](O)[C@H](O[C@H]5OC(CO)[C@H](O)[C@H](O[C@H]6OC(CO)[C@H](O)[C@H](O[C@H]7OC(CO)[C@H](O)[C@H](O[C@H]8OC(CO)[C@H](O)[C@H](O[C@@H]9OC(CO)[C@H](O)[C@H](O)C9NC(C)=O)C8O)C7O)C6O)C5O)C4O)C3O)[C@H](O)C2O)[C@H](O)C1O)[C@H](O)/C=C/CCCCCCCCCCCCC. The third kappa shape index (κ3) is 36.0. The maximum Gasteiger partial charge on any atom is 0.220 e. The lowest BCUT2D eigenvalue weighted by molar-refractivity contribution is -0.402. The van der Waals surface area contributed by atoms with Crippen LogP contribution >= 0.6 is 0 Å². The first kappa shape index (κ1) is 128. The molecule has 0 aromatic heterocycles. The largest absolute Gasteiger partial charge is 0.394 e. The molecule has 9 heterocycles. The van der Waals surface area contributed by atoms with E-state index in [0.29, 0.717) is 12.8 Å². The lowest BCUT2D eigenvalue weighted by atomic mass is 9.94. The summed E-state index contributed by atoms with van der Waals surface area (Å²) < 4.78 is 105. The molecule has 18 unspecified atom stereocenters. The normalized spacial score (nSPS) is 40.6. The number of allylic oxidation sites excluding steroid dienone is 3. The highest BCUT2D eigenvalue weighted by Crippen LogP contribution is 2.41. The summed E-state index contributed by atoms with van der Waals surface area (Å²) in [5.74, 6) is -1.16. The van der Waals surface area contributed by atoms with Gasteiger partial charge in [0, 0.05) is 13.3 Å². The molecule has 9 fully saturated rings. The minimum absolute atomic E-state index is 0.150. The smallest absolute Gasteiger partial charge is 0.220 e. The quantitative estimate of drug-likeness (QED) is 0.0199. The van der Waals surface area contributed by atoms with Gasteiger partial charge in [0.1, 0.15) is 220 Å². The van der Waals surface area contributed by atoms with E-state index in [0.717, 1.165) is 71.1 Å². The van der Waals surface area contributed by atoms with E-state index in [9.17, 15) is 153 Å². The summed E-state index contributed by atoms with van der Waals surface area (Å²) in [4.78, 5) is 25.8. The Balaban J connectivity index is 0.791. The van der Waals surface area contributed by atoms with Gasteiger partial charge in [-0.3, -0.25) is 9.59 Å². The van der Waals surface area contributed by atoms with Gasteiger partial charge in [0.05, 0.1) is 78.2 Å². The third-order valence-electron chi connectivity index (χ3n) is 28.8. The number of carbonyl (C=O) groups excluding carboxylic acids is 2. The van der Waals surface area contributed by atoms with E-state index >= 15 is 0 Å².